The maximum Gasteiger partial charge on any atom is 0.0647 e. The number of anilines is 1. The second-order valence-corrected chi connectivity index (χ2v) is 3.78. The molecule has 0 saturated carbocycles. The summed E-state index contributed by atoms with van der Waals surface area (Å²) in [7, 11) is 0. The molecular formula is C12H16N4. The van der Waals surface area contributed by atoms with Crippen LogP contribution in [0.5, 0.6) is 0 Å². The number of benzene rings is 1. The molecule has 1 aromatic heterocycles. The van der Waals surface area contributed by atoms with Crippen molar-refractivity contribution < 1.29 is 0 Å². The van der Waals surface area contributed by atoms with Crippen molar-refractivity contribution in [2.24, 2.45) is 5.73 Å². The molecule has 4 heteroatoms. The molecule has 0 fully saturated rings. The number of hydrogen-bond donors (Lipinski definition) is 2. The van der Waals surface area contributed by atoms with Gasteiger partial charge >= 0.3 is 0 Å². The number of nitrogens with zero attached hydrogens (tertiary/aromatic N) is 2. The zero-order valence-corrected chi connectivity index (χ0v) is 9.30. The van der Waals surface area contributed by atoms with Crippen LogP contribution in [-0.2, 0) is 0 Å². The number of nitrogens with one attached hydrogen (secondary N) is 1. The van der Waals surface area contributed by atoms with Crippen LogP contribution in [0.15, 0.2) is 42.7 Å². The Hall–Kier alpha value is -1.81. The predicted octanol–water partition coefficient (Wildman–Crippen LogP) is 1.63. The molecule has 0 bridgehead atoms. The molecule has 84 valence electrons. The van der Waals surface area contributed by atoms with Crippen LogP contribution >= 0.6 is 0 Å². The summed E-state index contributed by atoms with van der Waals surface area (Å²) in [4.78, 5) is 0. The summed E-state index contributed by atoms with van der Waals surface area (Å²) in [5.41, 5.74) is 7.68. The Morgan fingerprint density at radius 1 is 1.38 bits per heavy atom. The van der Waals surface area contributed by atoms with Gasteiger partial charge in [0.25, 0.3) is 0 Å². The number of hydrogen-bond acceptors (Lipinski definition) is 3. The molecule has 4 nitrogen and oxygen atoms in total. The maximum atomic E-state index is 5.55. The predicted molar refractivity (Wildman–Crippen MR) is 65.7 cm³/mol. The molecule has 0 aliphatic rings. The smallest absolute Gasteiger partial charge is 0.0647 e. The van der Waals surface area contributed by atoms with E-state index in [1.54, 1.807) is 6.20 Å². The molecule has 0 amide bonds. The van der Waals surface area contributed by atoms with Crippen molar-refractivity contribution in [2.45, 2.75) is 13.0 Å². The zero-order valence-electron chi connectivity index (χ0n) is 9.30. The standard InChI is InChI=1S/C12H16N4/c1-10(9-13)15-11-3-5-12(6-4-11)16-8-2-7-14-16/h2-8,10,15H,9,13H2,1H3. The topological polar surface area (TPSA) is 55.9 Å². The Balaban J connectivity index is 2.11. The van der Waals surface area contributed by atoms with Gasteiger partial charge in [-0.3, -0.25) is 0 Å². The lowest BCUT2D eigenvalue weighted by Gasteiger charge is -2.13. The van der Waals surface area contributed by atoms with E-state index < -0.39 is 0 Å². The van der Waals surface area contributed by atoms with Crippen LogP contribution in [0.25, 0.3) is 5.69 Å². The monoisotopic (exact) mass is 216 g/mol. The third kappa shape index (κ3) is 2.41. The summed E-state index contributed by atoms with van der Waals surface area (Å²) in [6.07, 6.45) is 3.69. The molecule has 1 unspecified atom stereocenters. The summed E-state index contributed by atoms with van der Waals surface area (Å²) in [6, 6.07) is 10.3. The lowest BCUT2D eigenvalue weighted by Crippen LogP contribution is -2.25. The molecule has 3 N–H and O–H groups in total. The van der Waals surface area contributed by atoms with Gasteiger partial charge in [-0.2, -0.15) is 5.10 Å². The maximum absolute atomic E-state index is 5.55. The average molecular weight is 216 g/mol. The molecule has 1 aromatic carbocycles. The first kappa shape index (κ1) is 10.7. The summed E-state index contributed by atoms with van der Waals surface area (Å²) < 4.78 is 1.83. The fourth-order valence-corrected chi connectivity index (χ4v) is 1.48. The lowest BCUT2D eigenvalue weighted by molar-refractivity contribution is 0.803. The SMILES string of the molecule is CC(CN)Nc1ccc(-n2cccn2)cc1. The van der Waals surface area contributed by atoms with Crippen molar-refractivity contribution in [3.8, 4) is 5.69 Å². The van der Waals surface area contributed by atoms with Gasteiger partial charge in [0.2, 0.25) is 0 Å². The van der Waals surface area contributed by atoms with Gasteiger partial charge in [-0.1, -0.05) is 0 Å². The molecule has 2 rings (SSSR count). The van der Waals surface area contributed by atoms with E-state index in [1.807, 2.05) is 41.2 Å². The van der Waals surface area contributed by atoms with Crippen molar-refractivity contribution >= 4 is 5.69 Å². The van der Waals surface area contributed by atoms with E-state index in [0.717, 1.165) is 11.4 Å². The highest BCUT2D eigenvalue weighted by molar-refractivity contribution is 5.49. The highest BCUT2D eigenvalue weighted by atomic mass is 15.3. The van der Waals surface area contributed by atoms with Crippen molar-refractivity contribution in [1.82, 2.24) is 9.78 Å². The Morgan fingerprint density at radius 3 is 2.69 bits per heavy atom. The summed E-state index contributed by atoms with van der Waals surface area (Å²) in [5, 5.41) is 7.48. The molecule has 0 spiro atoms. The van der Waals surface area contributed by atoms with Crippen LogP contribution in [0.3, 0.4) is 0 Å². The normalized spacial score (nSPS) is 12.4. The van der Waals surface area contributed by atoms with Crippen molar-refractivity contribution in [3.63, 3.8) is 0 Å². The van der Waals surface area contributed by atoms with Gasteiger partial charge in [0.15, 0.2) is 0 Å². The molecule has 0 aliphatic heterocycles. The van der Waals surface area contributed by atoms with Crippen molar-refractivity contribution in [2.75, 3.05) is 11.9 Å². The summed E-state index contributed by atoms with van der Waals surface area (Å²) in [5.74, 6) is 0. The van der Waals surface area contributed by atoms with Gasteiger partial charge in [-0.05, 0) is 37.3 Å². The van der Waals surface area contributed by atoms with E-state index in [2.05, 4.69) is 17.3 Å². The minimum Gasteiger partial charge on any atom is -0.381 e. The zero-order chi connectivity index (χ0) is 11.4. The quantitative estimate of drug-likeness (QED) is 0.816. The third-order valence-electron chi connectivity index (χ3n) is 2.40. The first-order valence-electron chi connectivity index (χ1n) is 5.36. The van der Waals surface area contributed by atoms with Gasteiger partial charge < -0.3 is 11.1 Å². The minimum atomic E-state index is 0.288. The Bertz CT molecular complexity index is 419. The highest BCUT2D eigenvalue weighted by Crippen LogP contribution is 2.13. The Labute approximate surface area is 95.1 Å². The molecule has 0 radical (unpaired) electrons. The minimum absolute atomic E-state index is 0.288. The van der Waals surface area contributed by atoms with Gasteiger partial charge in [0.05, 0.1) is 5.69 Å². The van der Waals surface area contributed by atoms with Crippen LogP contribution < -0.4 is 11.1 Å². The van der Waals surface area contributed by atoms with Gasteiger partial charge in [-0.15, -0.1) is 0 Å². The van der Waals surface area contributed by atoms with E-state index in [1.165, 1.54) is 0 Å². The van der Waals surface area contributed by atoms with Crippen LogP contribution in [-0.4, -0.2) is 22.4 Å². The number of nitrogens with two attached hydrogens (primary N) is 1. The van der Waals surface area contributed by atoms with Crippen molar-refractivity contribution in [1.29, 1.82) is 0 Å². The van der Waals surface area contributed by atoms with E-state index >= 15 is 0 Å². The van der Waals surface area contributed by atoms with E-state index in [-0.39, 0.29) is 6.04 Å². The fraction of sp³-hybridized carbons (Fsp3) is 0.250. The molecule has 1 atom stereocenters. The van der Waals surface area contributed by atoms with Gasteiger partial charge in [-0.25, -0.2) is 4.68 Å². The Kier molecular flexibility index (Phi) is 3.22. The van der Waals surface area contributed by atoms with Gasteiger partial charge in [0, 0.05) is 30.7 Å². The second kappa shape index (κ2) is 4.81. The van der Waals surface area contributed by atoms with Crippen LogP contribution in [0.2, 0.25) is 0 Å². The van der Waals surface area contributed by atoms with Crippen LogP contribution in [0, 0.1) is 0 Å². The van der Waals surface area contributed by atoms with Gasteiger partial charge in [0.1, 0.15) is 0 Å². The van der Waals surface area contributed by atoms with E-state index in [0.29, 0.717) is 6.54 Å². The molecule has 0 aliphatic carbocycles. The third-order valence-corrected chi connectivity index (χ3v) is 2.40. The summed E-state index contributed by atoms with van der Waals surface area (Å²) in [6.45, 7) is 2.68. The fourth-order valence-electron chi connectivity index (χ4n) is 1.48. The summed E-state index contributed by atoms with van der Waals surface area (Å²) >= 11 is 0. The van der Waals surface area contributed by atoms with Crippen LogP contribution in [0.1, 0.15) is 6.92 Å². The van der Waals surface area contributed by atoms with E-state index in [9.17, 15) is 0 Å². The van der Waals surface area contributed by atoms with Crippen molar-refractivity contribution in [3.05, 3.63) is 42.7 Å². The first-order valence-corrected chi connectivity index (χ1v) is 5.36. The first-order chi connectivity index (χ1) is 7.79. The molecular weight excluding hydrogens is 200 g/mol. The highest BCUT2D eigenvalue weighted by Gasteiger charge is 1.99. The molecule has 0 saturated heterocycles. The van der Waals surface area contributed by atoms with Crippen LogP contribution in [0.4, 0.5) is 5.69 Å². The lowest BCUT2D eigenvalue weighted by atomic mass is 10.2. The van der Waals surface area contributed by atoms with E-state index in [4.69, 9.17) is 5.73 Å². The molecule has 16 heavy (non-hydrogen) atoms. The largest absolute Gasteiger partial charge is 0.381 e. The molecule has 1 heterocycles. The second-order valence-electron chi connectivity index (χ2n) is 3.78. The Morgan fingerprint density at radius 2 is 2.12 bits per heavy atom. The average Bonchev–Trinajstić information content (AvgIpc) is 2.83. The number of rotatable bonds is 4. The molecule has 2 aromatic rings. The number of aromatic nitrogens is 2.